The maximum atomic E-state index is 11.1. The molecule has 0 bridgehead atoms. The number of hydrogen-bond donors (Lipinski definition) is 2. The molecule has 0 aliphatic carbocycles. The Labute approximate surface area is 187 Å². The van der Waals surface area contributed by atoms with Gasteiger partial charge in [-0.1, -0.05) is 0 Å². The molecule has 1 heterocycles. The Morgan fingerprint density at radius 2 is 1.76 bits per heavy atom. The quantitative estimate of drug-likeness (QED) is 0.197. The molecule has 0 saturated carbocycles. The molecule has 0 atom stereocenters. The van der Waals surface area contributed by atoms with Crippen molar-refractivity contribution in [3.05, 3.63) is 60.9 Å². The van der Waals surface area contributed by atoms with Crippen molar-refractivity contribution in [2.45, 2.75) is 13.8 Å². The lowest BCUT2D eigenvalue weighted by Gasteiger charge is -2.06. The van der Waals surface area contributed by atoms with Crippen molar-refractivity contribution >= 4 is 40.1 Å². The van der Waals surface area contributed by atoms with E-state index in [1.54, 1.807) is 32.6 Å². The first-order chi connectivity index (χ1) is 15.5. The summed E-state index contributed by atoms with van der Waals surface area (Å²) in [5.74, 6) is 0. The number of aromatic amines is 1. The molecule has 0 aliphatic rings. The third-order valence-electron chi connectivity index (χ3n) is 4.53. The molecule has 0 unspecified atom stereocenters. The lowest BCUT2D eigenvalue weighted by molar-refractivity contribution is -0.394. The van der Waals surface area contributed by atoms with Crippen molar-refractivity contribution in [1.29, 1.82) is 10.5 Å². The van der Waals surface area contributed by atoms with E-state index in [0.717, 1.165) is 22.7 Å². The number of rotatable bonds is 4. The van der Waals surface area contributed by atoms with Gasteiger partial charge in [-0.2, -0.15) is 10.5 Å². The molecule has 0 amide bonds. The second kappa shape index (κ2) is 9.84. The molecule has 3 aromatic rings. The number of aliphatic imine (C=N–C) groups is 1. The number of fused-ring (bicyclic) bond motifs is 1. The van der Waals surface area contributed by atoms with Crippen molar-refractivity contribution in [3.8, 4) is 12.1 Å². The van der Waals surface area contributed by atoms with E-state index in [1.165, 1.54) is 18.2 Å². The summed E-state index contributed by atoms with van der Waals surface area (Å²) in [5.41, 5.74) is 7.76. The Kier molecular flexibility index (Phi) is 7.23. The van der Waals surface area contributed by atoms with Crippen LogP contribution in [0.1, 0.15) is 22.3 Å². The Bertz CT molecular complexity index is 1360. The second-order valence-corrected chi connectivity index (χ2v) is 6.98. The number of benzene rings is 2. The number of aryl methyl sites for hydroxylation is 1. The highest BCUT2D eigenvalue weighted by Gasteiger charge is 2.29. The minimum Gasteiger partial charge on any atom is -0.398 e. The van der Waals surface area contributed by atoms with E-state index < -0.39 is 21.2 Å². The van der Waals surface area contributed by atoms with Gasteiger partial charge in [0.1, 0.15) is 17.7 Å². The molecule has 0 radical (unpaired) electrons. The van der Waals surface area contributed by atoms with Crippen LogP contribution in [-0.4, -0.2) is 45.1 Å². The topological polar surface area (TPSA) is 204 Å². The second-order valence-electron chi connectivity index (χ2n) is 6.98. The Balaban J connectivity index is 0.000000254. The van der Waals surface area contributed by atoms with Crippen molar-refractivity contribution in [3.63, 3.8) is 0 Å². The maximum absolute atomic E-state index is 11.1. The normalized spacial score (nSPS) is 10.2. The van der Waals surface area contributed by atoms with Crippen LogP contribution in [0.15, 0.2) is 23.5 Å². The number of nitro groups is 2. The molecule has 2 aromatic carbocycles. The highest BCUT2D eigenvalue weighted by Crippen LogP contribution is 2.39. The van der Waals surface area contributed by atoms with E-state index in [9.17, 15) is 20.2 Å². The van der Waals surface area contributed by atoms with Crippen LogP contribution in [0.3, 0.4) is 0 Å². The van der Waals surface area contributed by atoms with Crippen LogP contribution >= 0.6 is 0 Å². The number of nitrogens with zero attached hydrogens (tertiary/aromatic N) is 7. The van der Waals surface area contributed by atoms with Gasteiger partial charge in [0.15, 0.2) is 5.69 Å². The first kappa shape index (κ1) is 24.2. The van der Waals surface area contributed by atoms with Gasteiger partial charge < -0.3 is 15.6 Å². The molecule has 33 heavy (non-hydrogen) atoms. The molecule has 0 spiro atoms. The standard InChI is InChI=1S/C11H11N5O4.C9H8N4/c1-7-9(15(17)18)4-8(5-12)10(11(7)16(19)20)13-6-14(2)3;1-5-7(11)2-6(3-10)9-8(5)12-4-13-9/h4,6H,1-3H3;2,4H,11H2,1H3,(H,12,13). The number of nitrogens with two attached hydrogens (primary N) is 1. The number of aromatic nitrogens is 2. The van der Waals surface area contributed by atoms with Gasteiger partial charge in [0.2, 0.25) is 0 Å². The Morgan fingerprint density at radius 1 is 1.12 bits per heavy atom. The summed E-state index contributed by atoms with van der Waals surface area (Å²) in [5, 5.41) is 39.8. The van der Waals surface area contributed by atoms with Crippen LogP contribution in [0.5, 0.6) is 0 Å². The van der Waals surface area contributed by atoms with Gasteiger partial charge in [-0.15, -0.1) is 0 Å². The van der Waals surface area contributed by atoms with Gasteiger partial charge >= 0.3 is 5.69 Å². The molecule has 3 N–H and O–H groups in total. The van der Waals surface area contributed by atoms with Crippen molar-refractivity contribution in [2.24, 2.45) is 4.99 Å². The molecule has 0 fully saturated rings. The zero-order valence-corrected chi connectivity index (χ0v) is 18.2. The first-order valence-corrected chi connectivity index (χ1v) is 9.22. The van der Waals surface area contributed by atoms with E-state index in [2.05, 4.69) is 21.0 Å². The summed E-state index contributed by atoms with van der Waals surface area (Å²) in [4.78, 5) is 32.9. The monoisotopic (exact) mass is 449 g/mol. The highest BCUT2D eigenvalue weighted by atomic mass is 16.6. The summed E-state index contributed by atoms with van der Waals surface area (Å²) < 4.78 is 0. The molecule has 13 nitrogen and oxygen atoms in total. The average molecular weight is 449 g/mol. The van der Waals surface area contributed by atoms with E-state index in [-0.39, 0.29) is 16.8 Å². The predicted molar refractivity (Wildman–Crippen MR) is 121 cm³/mol. The zero-order chi connectivity index (χ0) is 24.9. The third kappa shape index (κ3) is 5.00. The summed E-state index contributed by atoms with van der Waals surface area (Å²) >= 11 is 0. The molecular formula is C20H19N9O4. The molecule has 13 heteroatoms. The van der Waals surface area contributed by atoms with Gasteiger partial charge in [-0.3, -0.25) is 20.2 Å². The van der Waals surface area contributed by atoms with Gasteiger partial charge in [0.25, 0.3) is 5.69 Å². The minimum absolute atomic E-state index is 0.134. The predicted octanol–water partition coefficient (Wildman–Crippen LogP) is 3.23. The minimum atomic E-state index is -0.772. The van der Waals surface area contributed by atoms with Crippen molar-refractivity contribution in [1.82, 2.24) is 14.9 Å². The van der Waals surface area contributed by atoms with E-state index in [1.807, 2.05) is 6.92 Å². The number of imidazole rings is 1. The molecule has 3 rings (SSSR count). The van der Waals surface area contributed by atoms with Crippen LogP contribution in [0.25, 0.3) is 11.0 Å². The van der Waals surface area contributed by atoms with Crippen molar-refractivity contribution in [2.75, 3.05) is 19.8 Å². The number of nitrogen functional groups attached to an aromatic ring is 1. The molecule has 168 valence electrons. The smallest absolute Gasteiger partial charge is 0.306 e. The summed E-state index contributed by atoms with van der Waals surface area (Å²) in [7, 11) is 3.30. The largest absolute Gasteiger partial charge is 0.398 e. The fourth-order valence-electron chi connectivity index (χ4n) is 2.89. The van der Waals surface area contributed by atoms with Crippen LogP contribution in [-0.2, 0) is 0 Å². The Morgan fingerprint density at radius 3 is 2.27 bits per heavy atom. The van der Waals surface area contributed by atoms with Crippen LogP contribution < -0.4 is 5.73 Å². The summed E-state index contributed by atoms with van der Waals surface area (Å²) in [6.07, 6.45) is 2.85. The van der Waals surface area contributed by atoms with Gasteiger partial charge in [-0.25, -0.2) is 9.98 Å². The lowest BCUT2D eigenvalue weighted by atomic mass is 10.1. The van der Waals surface area contributed by atoms with Gasteiger partial charge in [0.05, 0.1) is 44.7 Å². The summed E-state index contributed by atoms with van der Waals surface area (Å²) in [6.45, 7) is 3.14. The molecule has 0 aliphatic heterocycles. The number of nitriles is 2. The number of nitro benzene ring substituents is 2. The molecule has 1 aromatic heterocycles. The number of H-pyrrole nitrogens is 1. The fourth-order valence-corrected chi connectivity index (χ4v) is 2.89. The number of nitrogens with one attached hydrogen (secondary N) is 1. The van der Waals surface area contributed by atoms with Crippen LogP contribution in [0.4, 0.5) is 22.7 Å². The van der Waals surface area contributed by atoms with Crippen LogP contribution in [0, 0.1) is 56.7 Å². The molecule has 0 saturated heterocycles. The Hall–Kier alpha value is -5.04. The third-order valence-corrected chi connectivity index (χ3v) is 4.53. The van der Waals surface area contributed by atoms with Crippen molar-refractivity contribution < 1.29 is 9.85 Å². The summed E-state index contributed by atoms with van der Waals surface area (Å²) in [6, 6.07) is 6.42. The van der Waals surface area contributed by atoms with Gasteiger partial charge in [-0.05, 0) is 25.5 Å². The average Bonchev–Trinajstić information content (AvgIpc) is 3.24. The SMILES string of the molecule is Cc1c(N)cc(C#N)c2[nH]cnc12.Cc1c([N+](=O)[O-])cc(C#N)c(N=CN(C)C)c1[N+](=O)[O-]. The lowest BCUT2D eigenvalue weighted by Crippen LogP contribution is -2.08. The number of anilines is 1. The molecular weight excluding hydrogens is 430 g/mol. The first-order valence-electron chi connectivity index (χ1n) is 9.22. The zero-order valence-electron chi connectivity index (χ0n) is 18.2. The van der Waals surface area contributed by atoms with E-state index in [0.29, 0.717) is 11.3 Å². The highest BCUT2D eigenvalue weighted by molar-refractivity contribution is 5.88. The fraction of sp³-hybridized carbons (Fsp3) is 0.200. The maximum Gasteiger partial charge on any atom is 0.306 e. The van der Waals surface area contributed by atoms with Crippen LogP contribution in [0.2, 0.25) is 0 Å². The van der Waals surface area contributed by atoms with Gasteiger partial charge in [0, 0.05) is 25.8 Å². The number of hydrogen-bond acceptors (Lipinski definition) is 9. The van der Waals surface area contributed by atoms with E-state index in [4.69, 9.17) is 16.3 Å². The van der Waals surface area contributed by atoms with E-state index >= 15 is 0 Å².